The third kappa shape index (κ3) is 4.76. The molecule has 3 aromatic rings. The smallest absolute Gasteiger partial charge is 0.223 e. The normalized spacial score (nSPS) is 14.2. The Balaban J connectivity index is 1.30. The summed E-state index contributed by atoms with van der Waals surface area (Å²) < 4.78 is 14.1. The number of carbonyl (C=O) groups excluding carboxylic acids is 2. The molecule has 1 saturated heterocycles. The van der Waals surface area contributed by atoms with Crippen LogP contribution in [0.25, 0.3) is 10.2 Å². The quantitative estimate of drug-likeness (QED) is 0.676. The Labute approximate surface area is 178 Å². The molecule has 2 heterocycles. The van der Waals surface area contributed by atoms with Gasteiger partial charge in [0.2, 0.25) is 11.8 Å². The summed E-state index contributed by atoms with van der Waals surface area (Å²) in [5, 5.41) is 3.30. The van der Waals surface area contributed by atoms with E-state index in [1.165, 1.54) is 30.4 Å². The minimum absolute atomic E-state index is 0.139. The van der Waals surface area contributed by atoms with Crippen LogP contribution in [0.1, 0.15) is 18.9 Å². The van der Waals surface area contributed by atoms with Crippen molar-refractivity contribution in [2.24, 2.45) is 0 Å². The lowest BCUT2D eigenvalue weighted by molar-refractivity contribution is -0.131. The Morgan fingerprint density at radius 3 is 2.53 bits per heavy atom. The second kappa shape index (κ2) is 8.79. The minimum Gasteiger partial charge on any atom is -0.368 e. The topological polar surface area (TPSA) is 65.5 Å². The number of rotatable bonds is 5. The summed E-state index contributed by atoms with van der Waals surface area (Å²) in [5.41, 5.74) is 2.91. The standard InChI is InChI=1S/C22H23FN4O2S/c1-15(28)24-22-25-19-8-2-16(14-20(19)30-22)3-9-21(29)27-12-10-26(11-13-27)18-6-4-17(23)5-7-18/h2,4-8,14H,3,9-13H2,1H3,(H,24,25,28). The first-order valence-electron chi connectivity index (χ1n) is 9.93. The molecule has 30 heavy (non-hydrogen) atoms. The Bertz CT molecular complexity index is 1060. The number of aryl methyl sites for hydroxylation is 1. The Morgan fingerprint density at radius 1 is 1.10 bits per heavy atom. The van der Waals surface area contributed by atoms with E-state index in [1.54, 1.807) is 12.1 Å². The Hall–Kier alpha value is -3.00. The lowest BCUT2D eigenvalue weighted by Gasteiger charge is -2.36. The van der Waals surface area contributed by atoms with Crippen LogP contribution in [-0.4, -0.2) is 47.9 Å². The van der Waals surface area contributed by atoms with Crippen molar-refractivity contribution in [2.75, 3.05) is 36.4 Å². The molecule has 0 saturated carbocycles. The molecule has 1 aliphatic heterocycles. The van der Waals surface area contributed by atoms with E-state index in [2.05, 4.69) is 15.2 Å². The monoisotopic (exact) mass is 426 g/mol. The van der Waals surface area contributed by atoms with Crippen LogP contribution in [-0.2, 0) is 16.0 Å². The van der Waals surface area contributed by atoms with E-state index in [0.717, 1.165) is 34.6 Å². The number of thiazole rings is 1. The van der Waals surface area contributed by atoms with Gasteiger partial charge in [-0.2, -0.15) is 0 Å². The van der Waals surface area contributed by atoms with Gasteiger partial charge in [-0.05, 0) is 48.4 Å². The molecule has 1 N–H and O–H groups in total. The van der Waals surface area contributed by atoms with Crippen molar-refractivity contribution in [3.63, 3.8) is 0 Å². The molecule has 156 valence electrons. The molecule has 0 atom stereocenters. The van der Waals surface area contributed by atoms with Crippen molar-refractivity contribution >= 4 is 44.2 Å². The number of fused-ring (bicyclic) bond motifs is 1. The number of piperazine rings is 1. The molecule has 4 rings (SSSR count). The van der Waals surface area contributed by atoms with Crippen LogP contribution in [0.15, 0.2) is 42.5 Å². The SMILES string of the molecule is CC(=O)Nc1nc2ccc(CCC(=O)N3CCN(c4ccc(F)cc4)CC3)cc2s1. The summed E-state index contributed by atoms with van der Waals surface area (Å²) in [6.45, 7) is 4.29. The maximum Gasteiger partial charge on any atom is 0.223 e. The zero-order valence-corrected chi connectivity index (χ0v) is 17.5. The van der Waals surface area contributed by atoms with Gasteiger partial charge in [-0.25, -0.2) is 9.37 Å². The van der Waals surface area contributed by atoms with Crippen molar-refractivity contribution < 1.29 is 14.0 Å². The van der Waals surface area contributed by atoms with E-state index in [-0.39, 0.29) is 17.6 Å². The number of carbonyl (C=O) groups is 2. The van der Waals surface area contributed by atoms with Crippen LogP contribution < -0.4 is 10.2 Å². The highest BCUT2D eigenvalue weighted by Gasteiger charge is 2.21. The van der Waals surface area contributed by atoms with E-state index < -0.39 is 0 Å². The number of amides is 2. The highest BCUT2D eigenvalue weighted by molar-refractivity contribution is 7.22. The van der Waals surface area contributed by atoms with Gasteiger partial charge in [0.05, 0.1) is 10.2 Å². The molecule has 0 spiro atoms. The fourth-order valence-corrected chi connectivity index (χ4v) is 4.58. The molecule has 2 amide bonds. The number of anilines is 2. The fraction of sp³-hybridized carbons (Fsp3) is 0.318. The fourth-order valence-electron chi connectivity index (χ4n) is 3.60. The van der Waals surface area contributed by atoms with E-state index in [1.807, 2.05) is 23.1 Å². The summed E-state index contributed by atoms with van der Waals surface area (Å²) in [7, 11) is 0. The molecule has 0 radical (unpaired) electrons. The lowest BCUT2D eigenvalue weighted by atomic mass is 10.1. The van der Waals surface area contributed by atoms with E-state index in [4.69, 9.17) is 0 Å². The van der Waals surface area contributed by atoms with Gasteiger partial charge in [-0.1, -0.05) is 17.4 Å². The number of hydrogen-bond donors (Lipinski definition) is 1. The second-order valence-electron chi connectivity index (χ2n) is 7.35. The Morgan fingerprint density at radius 2 is 1.83 bits per heavy atom. The van der Waals surface area contributed by atoms with Gasteiger partial charge in [-0.3, -0.25) is 9.59 Å². The molecular weight excluding hydrogens is 403 g/mol. The Kier molecular flexibility index (Phi) is 5.94. The van der Waals surface area contributed by atoms with Gasteiger partial charge >= 0.3 is 0 Å². The van der Waals surface area contributed by atoms with E-state index in [0.29, 0.717) is 31.1 Å². The minimum atomic E-state index is -0.240. The summed E-state index contributed by atoms with van der Waals surface area (Å²) in [4.78, 5) is 32.3. The van der Waals surface area contributed by atoms with Gasteiger partial charge in [0.25, 0.3) is 0 Å². The van der Waals surface area contributed by atoms with Crippen molar-refractivity contribution in [3.8, 4) is 0 Å². The summed E-state index contributed by atoms with van der Waals surface area (Å²) in [6, 6.07) is 12.4. The van der Waals surface area contributed by atoms with E-state index in [9.17, 15) is 14.0 Å². The van der Waals surface area contributed by atoms with Gasteiger partial charge in [0.15, 0.2) is 5.13 Å². The van der Waals surface area contributed by atoms with Crippen LogP contribution in [0.2, 0.25) is 0 Å². The van der Waals surface area contributed by atoms with Crippen LogP contribution in [0, 0.1) is 5.82 Å². The number of benzene rings is 2. The molecule has 6 nitrogen and oxygen atoms in total. The highest BCUT2D eigenvalue weighted by atomic mass is 32.1. The lowest BCUT2D eigenvalue weighted by Crippen LogP contribution is -2.48. The molecule has 2 aromatic carbocycles. The van der Waals surface area contributed by atoms with Crippen LogP contribution in [0.3, 0.4) is 0 Å². The van der Waals surface area contributed by atoms with Crippen molar-refractivity contribution in [1.29, 1.82) is 0 Å². The van der Waals surface area contributed by atoms with Gasteiger partial charge in [-0.15, -0.1) is 0 Å². The molecule has 0 aliphatic carbocycles. The molecule has 1 aliphatic rings. The van der Waals surface area contributed by atoms with Crippen LogP contribution >= 0.6 is 11.3 Å². The van der Waals surface area contributed by atoms with Crippen molar-refractivity contribution in [2.45, 2.75) is 19.8 Å². The first-order valence-corrected chi connectivity index (χ1v) is 10.7. The maximum atomic E-state index is 13.1. The molecular formula is C22H23FN4O2S. The van der Waals surface area contributed by atoms with Gasteiger partial charge < -0.3 is 15.1 Å². The first-order chi connectivity index (χ1) is 14.5. The zero-order valence-electron chi connectivity index (χ0n) is 16.7. The summed E-state index contributed by atoms with van der Waals surface area (Å²) in [6.07, 6.45) is 1.12. The highest BCUT2D eigenvalue weighted by Crippen LogP contribution is 2.27. The second-order valence-corrected chi connectivity index (χ2v) is 8.38. The predicted octanol–water partition coefficient (Wildman–Crippen LogP) is 3.68. The molecule has 1 fully saturated rings. The van der Waals surface area contributed by atoms with E-state index >= 15 is 0 Å². The number of hydrogen-bond acceptors (Lipinski definition) is 5. The third-order valence-corrected chi connectivity index (χ3v) is 6.12. The molecule has 8 heteroatoms. The van der Waals surface area contributed by atoms with Crippen molar-refractivity contribution in [1.82, 2.24) is 9.88 Å². The average molecular weight is 427 g/mol. The number of halogens is 1. The largest absolute Gasteiger partial charge is 0.368 e. The maximum absolute atomic E-state index is 13.1. The van der Waals surface area contributed by atoms with Crippen LogP contribution in [0.4, 0.5) is 15.2 Å². The summed E-state index contributed by atoms with van der Waals surface area (Å²) >= 11 is 1.43. The van der Waals surface area contributed by atoms with Crippen molar-refractivity contribution in [3.05, 3.63) is 53.8 Å². The predicted molar refractivity (Wildman–Crippen MR) is 117 cm³/mol. The summed E-state index contributed by atoms with van der Waals surface area (Å²) in [5.74, 6) is -0.230. The first kappa shape index (κ1) is 20.3. The van der Waals surface area contributed by atoms with Crippen LogP contribution in [0.5, 0.6) is 0 Å². The van der Waals surface area contributed by atoms with Gasteiger partial charge in [0.1, 0.15) is 5.82 Å². The molecule has 1 aromatic heterocycles. The van der Waals surface area contributed by atoms with Gasteiger partial charge in [0, 0.05) is 45.2 Å². The number of nitrogens with one attached hydrogen (secondary N) is 1. The third-order valence-electron chi connectivity index (χ3n) is 5.19. The molecule has 0 unspecified atom stereocenters. The molecule has 0 bridgehead atoms. The zero-order chi connectivity index (χ0) is 21.1. The number of aromatic nitrogens is 1. The number of nitrogens with zero attached hydrogens (tertiary/aromatic N) is 3. The average Bonchev–Trinajstić information content (AvgIpc) is 3.13.